The van der Waals surface area contributed by atoms with Gasteiger partial charge in [0.15, 0.2) is 6.61 Å². The van der Waals surface area contributed by atoms with Gasteiger partial charge in [0.25, 0.3) is 5.56 Å². The molecule has 0 saturated heterocycles. The fourth-order valence-corrected chi connectivity index (χ4v) is 3.34. The molecule has 30 heavy (non-hydrogen) atoms. The van der Waals surface area contributed by atoms with E-state index in [0.717, 1.165) is 10.7 Å². The summed E-state index contributed by atoms with van der Waals surface area (Å²) >= 11 is 9.32. The van der Waals surface area contributed by atoms with E-state index >= 15 is 0 Å². The topological polar surface area (TPSA) is 123 Å². The van der Waals surface area contributed by atoms with Gasteiger partial charge in [-0.2, -0.15) is 15.0 Å². The summed E-state index contributed by atoms with van der Waals surface area (Å²) in [6, 6.07) is 9.42. The molecule has 0 unspecified atom stereocenters. The van der Waals surface area contributed by atoms with E-state index in [4.69, 9.17) is 21.6 Å². The number of benzene rings is 2. The van der Waals surface area contributed by atoms with Crippen molar-refractivity contribution < 1.29 is 9.66 Å². The molecule has 3 rings (SSSR count). The van der Waals surface area contributed by atoms with Gasteiger partial charge in [-0.1, -0.05) is 34.5 Å². The molecule has 152 valence electrons. The van der Waals surface area contributed by atoms with Gasteiger partial charge in [-0.15, -0.1) is 0 Å². The second-order valence-electron chi connectivity index (χ2n) is 5.95. The molecule has 0 fully saturated rings. The Kier molecular flexibility index (Phi) is 6.44. The van der Waals surface area contributed by atoms with Crippen LogP contribution in [0.3, 0.4) is 0 Å². The van der Waals surface area contributed by atoms with Crippen molar-refractivity contribution in [1.82, 2.24) is 9.66 Å². The first kappa shape index (κ1) is 21.4. The van der Waals surface area contributed by atoms with Crippen LogP contribution in [0, 0.1) is 21.4 Å². The Morgan fingerprint density at radius 2 is 2.20 bits per heavy atom. The molecule has 0 spiro atoms. The maximum absolute atomic E-state index is 13.0. The van der Waals surface area contributed by atoms with E-state index in [1.54, 1.807) is 24.3 Å². The molecule has 2 aromatic carbocycles. The number of halogens is 2. The molecule has 0 radical (unpaired) electrons. The molecule has 11 heteroatoms. The Balaban J connectivity index is 2.19. The number of aromatic nitrogens is 2. The normalized spacial score (nSPS) is 11.0. The summed E-state index contributed by atoms with van der Waals surface area (Å²) in [5.41, 5.74) is -0.135. The van der Waals surface area contributed by atoms with Crippen molar-refractivity contribution in [3.05, 3.63) is 71.7 Å². The Morgan fingerprint density at radius 1 is 1.43 bits per heavy atom. The molecular formula is C19H13BrClN5O4. The standard InChI is InChI=1S/C19H13BrClN5O4/c1-2-17-24-15-4-3-12(20)8-14(15)19(27)25(17)23-10-11-7-13(21)9-16(26(28)29)18(11)30-6-5-22/h3-4,7-10H,2,6H2,1H3. The van der Waals surface area contributed by atoms with Gasteiger partial charge < -0.3 is 4.74 Å². The summed E-state index contributed by atoms with van der Waals surface area (Å²) in [7, 11) is 0. The van der Waals surface area contributed by atoms with E-state index in [2.05, 4.69) is 26.0 Å². The number of aryl methyl sites for hydroxylation is 1. The van der Waals surface area contributed by atoms with Gasteiger partial charge in [0, 0.05) is 27.5 Å². The number of nitriles is 1. The molecule has 0 N–H and O–H groups in total. The fourth-order valence-electron chi connectivity index (χ4n) is 2.76. The first-order valence-electron chi connectivity index (χ1n) is 8.59. The molecule has 0 bridgehead atoms. The van der Waals surface area contributed by atoms with Crippen LogP contribution in [0.2, 0.25) is 5.02 Å². The summed E-state index contributed by atoms with van der Waals surface area (Å²) in [4.78, 5) is 28.1. The van der Waals surface area contributed by atoms with Crippen molar-refractivity contribution in [2.24, 2.45) is 5.10 Å². The number of nitro groups is 1. The van der Waals surface area contributed by atoms with Crippen LogP contribution in [-0.2, 0) is 6.42 Å². The van der Waals surface area contributed by atoms with Gasteiger partial charge in [-0.25, -0.2) is 4.98 Å². The zero-order valence-electron chi connectivity index (χ0n) is 15.5. The van der Waals surface area contributed by atoms with E-state index in [9.17, 15) is 14.9 Å². The summed E-state index contributed by atoms with van der Waals surface area (Å²) in [6.07, 6.45) is 1.64. The van der Waals surface area contributed by atoms with Gasteiger partial charge in [0.2, 0.25) is 5.75 Å². The highest BCUT2D eigenvalue weighted by Crippen LogP contribution is 2.33. The zero-order chi connectivity index (χ0) is 21.8. The van der Waals surface area contributed by atoms with Crippen LogP contribution in [0.4, 0.5) is 5.69 Å². The number of ether oxygens (including phenoxy) is 1. The van der Waals surface area contributed by atoms with Crippen molar-refractivity contribution in [3.8, 4) is 11.8 Å². The van der Waals surface area contributed by atoms with Crippen molar-refractivity contribution in [2.45, 2.75) is 13.3 Å². The maximum atomic E-state index is 13.0. The minimum absolute atomic E-state index is 0.0797. The monoisotopic (exact) mass is 489 g/mol. The number of hydrogen-bond acceptors (Lipinski definition) is 7. The number of nitro benzene ring substituents is 1. The highest BCUT2D eigenvalue weighted by atomic mass is 79.9. The lowest BCUT2D eigenvalue weighted by Gasteiger charge is -2.09. The third-order valence-electron chi connectivity index (χ3n) is 4.04. The summed E-state index contributed by atoms with van der Waals surface area (Å²) in [5, 5.41) is 24.8. The smallest absolute Gasteiger partial charge is 0.313 e. The first-order valence-corrected chi connectivity index (χ1v) is 9.76. The number of hydrogen-bond donors (Lipinski definition) is 0. The lowest BCUT2D eigenvalue weighted by atomic mass is 10.2. The van der Waals surface area contributed by atoms with Crippen molar-refractivity contribution in [2.75, 3.05) is 6.61 Å². The van der Waals surface area contributed by atoms with Crippen LogP contribution < -0.4 is 10.3 Å². The van der Waals surface area contributed by atoms with E-state index in [1.165, 1.54) is 12.3 Å². The van der Waals surface area contributed by atoms with Gasteiger partial charge in [0.1, 0.15) is 11.9 Å². The third kappa shape index (κ3) is 4.32. The van der Waals surface area contributed by atoms with Crippen LogP contribution in [0.1, 0.15) is 18.3 Å². The lowest BCUT2D eigenvalue weighted by Crippen LogP contribution is -2.22. The summed E-state index contributed by atoms with van der Waals surface area (Å²) < 4.78 is 7.07. The largest absolute Gasteiger partial charge is 0.471 e. The number of rotatable bonds is 6. The van der Waals surface area contributed by atoms with Crippen LogP contribution >= 0.6 is 27.5 Å². The van der Waals surface area contributed by atoms with Crippen molar-refractivity contribution in [3.63, 3.8) is 0 Å². The van der Waals surface area contributed by atoms with Crippen LogP contribution in [-0.4, -0.2) is 27.4 Å². The second-order valence-corrected chi connectivity index (χ2v) is 7.30. The molecule has 0 saturated carbocycles. The predicted molar refractivity (Wildman–Crippen MR) is 115 cm³/mol. The van der Waals surface area contributed by atoms with E-state index < -0.39 is 22.8 Å². The van der Waals surface area contributed by atoms with Crippen LogP contribution in [0.15, 0.2) is 44.7 Å². The molecule has 0 aliphatic carbocycles. The highest BCUT2D eigenvalue weighted by molar-refractivity contribution is 9.10. The van der Waals surface area contributed by atoms with Crippen LogP contribution in [0.25, 0.3) is 10.9 Å². The first-order chi connectivity index (χ1) is 14.3. The minimum atomic E-state index is -0.672. The molecule has 9 nitrogen and oxygen atoms in total. The number of nitrogens with zero attached hydrogens (tertiary/aromatic N) is 5. The number of fused-ring (bicyclic) bond motifs is 1. The minimum Gasteiger partial charge on any atom is -0.471 e. The molecule has 1 heterocycles. The van der Waals surface area contributed by atoms with Gasteiger partial charge in [0.05, 0.1) is 22.0 Å². The summed E-state index contributed by atoms with van der Waals surface area (Å²) in [5.74, 6) is 0.236. The molecule has 3 aromatic rings. The molecule has 0 aliphatic heterocycles. The third-order valence-corrected chi connectivity index (χ3v) is 4.76. The van der Waals surface area contributed by atoms with Gasteiger partial charge in [-0.3, -0.25) is 14.9 Å². The van der Waals surface area contributed by atoms with Crippen molar-refractivity contribution in [1.29, 1.82) is 5.26 Å². The second kappa shape index (κ2) is 9.02. The summed E-state index contributed by atoms with van der Waals surface area (Å²) in [6.45, 7) is 1.42. The predicted octanol–water partition coefficient (Wildman–Crippen LogP) is 4.07. The average molecular weight is 491 g/mol. The van der Waals surface area contributed by atoms with Crippen molar-refractivity contribution >= 4 is 50.3 Å². The Hall–Kier alpha value is -3.29. The lowest BCUT2D eigenvalue weighted by molar-refractivity contribution is -0.385. The van der Waals surface area contributed by atoms with E-state index in [0.29, 0.717) is 27.6 Å². The van der Waals surface area contributed by atoms with E-state index in [-0.39, 0.29) is 16.3 Å². The zero-order valence-corrected chi connectivity index (χ0v) is 17.8. The molecule has 0 atom stereocenters. The van der Waals surface area contributed by atoms with Crippen LogP contribution in [0.5, 0.6) is 5.75 Å². The van der Waals surface area contributed by atoms with Gasteiger partial charge in [-0.05, 0) is 24.3 Å². The molecule has 0 amide bonds. The SMILES string of the molecule is CCc1nc2ccc(Br)cc2c(=O)n1N=Cc1cc(Cl)cc([N+](=O)[O-])c1OCC#N. The quantitative estimate of drug-likeness (QED) is 0.291. The fraction of sp³-hybridized carbons (Fsp3) is 0.158. The molecule has 0 aliphatic rings. The Morgan fingerprint density at radius 3 is 2.87 bits per heavy atom. The Bertz CT molecular complexity index is 1280. The maximum Gasteiger partial charge on any atom is 0.313 e. The average Bonchev–Trinajstić information content (AvgIpc) is 2.72. The molecule has 1 aromatic heterocycles. The highest BCUT2D eigenvalue weighted by Gasteiger charge is 2.21. The Labute approximate surface area is 183 Å². The van der Waals surface area contributed by atoms with Gasteiger partial charge >= 0.3 is 5.69 Å². The van der Waals surface area contributed by atoms with E-state index in [1.807, 2.05) is 6.92 Å². The molecular weight excluding hydrogens is 478 g/mol.